The standard InChI is InChI=1S/C25H28N6O2/c1-3-18-14-19(24(32)26-2)6-7-21(18)30-11-9-29(10-12-30)16-17-13-20-23(27-15-17)22-5-4-8-31(22)25(33)28-20/h4-8,13-15H,3,9-12,16H2,1-2H3,(H,26,32)(H,28,33). The second-order valence-electron chi connectivity index (χ2n) is 8.47. The fraction of sp³-hybridized carbons (Fsp3) is 0.320. The molecule has 0 aliphatic carbocycles. The van der Waals surface area contributed by atoms with Gasteiger partial charge in [-0.3, -0.25) is 19.1 Å². The third-order valence-electron chi connectivity index (χ3n) is 6.46. The highest BCUT2D eigenvalue weighted by Crippen LogP contribution is 2.25. The van der Waals surface area contributed by atoms with Crippen molar-refractivity contribution in [2.24, 2.45) is 0 Å². The van der Waals surface area contributed by atoms with Crippen LogP contribution in [-0.4, -0.2) is 58.4 Å². The maximum Gasteiger partial charge on any atom is 0.330 e. The first kappa shape index (κ1) is 21.2. The molecule has 0 unspecified atom stereocenters. The van der Waals surface area contributed by atoms with Gasteiger partial charge in [0, 0.05) is 63.4 Å². The summed E-state index contributed by atoms with van der Waals surface area (Å²) in [6.45, 7) is 6.64. The molecular formula is C25H28N6O2. The Morgan fingerprint density at radius 1 is 1.15 bits per heavy atom. The van der Waals surface area contributed by atoms with Crippen LogP contribution in [0, 0.1) is 0 Å². The van der Waals surface area contributed by atoms with Crippen LogP contribution in [0.5, 0.6) is 0 Å². The molecule has 0 bridgehead atoms. The molecule has 4 aromatic rings. The van der Waals surface area contributed by atoms with E-state index in [-0.39, 0.29) is 11.6 Å². The molecule has 2 N–H and O–H groups in total. The fourth-order valence-electron chi connectivity index (χ4n) is 4.69. The van der Waals surface area contributed by atoms with E-state index in [1.807, 2.05) is 36.5 Å². The van der Waals surface area contributed by atoms with E-state index in [1.54, 1.807) is 17.6 Å². The van der Waals surface area contributed by atoms with E-state index in [9.17, 15) is 9.59 Å². The number of rotatable bonds is 5. The number of carbonyl (C=O) groups excluding carboxylic acids is 1. The third kappa shape index (κ3) is 3.98. The Labute approximate surface area is 191 Å². The molecular weight excluding hydrogens is 416 g/mol. The number of anilines is 1. The van der Waals surface area contributed by atoms with E-state index in [0.717, 1.165) is 61.3 Å². The van der Waals surface area contributed by atoms with Crippen molar-refractivity contribution >= 4 is 28.1 Å². The number of amides is 1. The molecule has 1 saturated heterocycles. The van der Waals surface area contributed by atoms with Crippen LogP contribution in [0.2, 0.25) is 0 Å². The van der Waals surface area contributed by atoms with Gasteiger partial charge in [0.25, 0.3) is 5.91 Å². The number of pyridine rings is 1. The SMILES string of the molecule is CCc1cc(C(=O)NC)ccc1N1CCN(Cc2cnc3c(c2)[nH]c(=O)n2cccc32)CC1. The number of benzene rings is 1. The zero-order valence-corrected chi connectivity index (χ0v) is 19.0. The second-order valence-corrected chi connectivity index (χ2v) is 8.47. The summed E-state index contributed by atoms with van der Waals surface area (Å²) in [4.78, 5) is 36.7. The highest BCUT2D eigenvalue weighted by Gasteiger charge is 2.20. The van der Waals surface area contributed by atoms with Crippen LogP contribution >= 0.6 is 0 Å². The zero-order valence-electron chi connectivity index (χ0n) is 19.0. The summed E-state index contributed by atoms with van der Waals surface area (Å²) in [5.74, 6) is -0.0517. The summed E-state index contributed by atoms with van der Waals surface area (Å²) in [6.07, 6.45) is 4.54. The van der Waals surface area contributed by atoms with Gasteiger partial charge in [-0.15, -0.1) is 0 Å². The molecule has 0 spiro atoms. The number of H-pyrrole nitrogens is 1. The van der Waals surface area contributed by atoms with E-state index in [1.165, 1.54) is 11.3 Å². The van der Waals surface area contributed by atoms with Crippen LogP contribution < -0.4 is 15.9 Å². The van der Waals surface area contributed by atoms with Gasteiger partial charge < -0.3 is 15.2 Å². The van der Waals surface area contributed by atoms with Crippen LogP contribution in [0.1, 0.15) is 28.4 Å². The van der Waals surface area contributed by atoms with Gasteiger partial charge in [-0.05, 0) is 53.9 Å². The molecule has 0 saturated carbocycles. The maximum absolute atomic E-state index is 12.3. The van der Waals surface area contributed by atoms with Gasteiger partial charge in [-0.2, -0.15) is 0 Å². The molecule has 1 fully saturated rings. The van der Waals surface area contributed by atoms with Gasteiger partial charge in [0.15, 0.2) is 0 Å². The smallest absolute Gasteiger partial charge is 0.330 e. The lowest BCUT2D eigenvalue weighted by atomic mass is 10.0. The first-order valence-electron chi connectivity index (χ1n) is 11.4. The fourth-order valence-corrected chi connectivity index (χ4v) is 4.69. The maximum atomic E-state index is 12.3. The minimum atomic E-state index is -0.149. The lowest BCUT2D eigenvalue weighted by Crippen LogP contribution is -2.46. The van der Waals surface area contributed by atoms with Crippen molar-refractivity contribution < 1.29 is 4.79 Å². The Balaban J connectivity index is 1.29. The normalized spacial score (nSPS) is 14.8. The predicted molar refractivity (Wildman–Crippen MR) is 130 cm³/mol. The minimum absolute atomic E-state index is 0.0517. The molecule has 0 atom stereocenters. The van der Waals surface area contributed by atoms with Crippen molar-refractivity contribution in [1.29, 1.82) is 0 Å². The number of aromatic amines is 1. The van der Waals surface area contributed by atoms with Gasteiger partial charge in [0.05, 0.1) is 11.0 Å². The number of aromatic nitrogens is 3. The monoisotopic (exact) mass is 444 g/mol. The Kier molecular flexibility index (Phi) is 5.60. The molecule has 0 radical (unpaired) electrons. The lowest BCUT2D eigenvalue weighted by molar-refractivity contribution is 0.0963. The quantitative estimate of drug-likeness (QED) is 0.494. The average molecular weight is 445 g/mol. The largest absolute Gasteiger partial charge is 0.369 e. The van der Waals surface area contributed by atoms with E-state index in [4.69, 9.17) is 0 Å². The molecule has 1 amide bonds. The van der Waals surface area contributed by atoms with Crippen LogP contribution in [0.25, 0.3) is 16.6 Å². The molecule has 8 nitrogen and oxygen atoms in total. The predicted octanol–water partition coefficient (Wildman–Crippen LogP) is 2.42. The number of carbonyl (C=O) groups is 1. The molecule has 1 aromatic carbocycles. The topological polar surface area (TPSA) is 85.7 Å². The Hall–Kier alpha value is -3.65. The number of hydrogen-bond acceptors (Lipinski definition) is 5. The molecule has 170 valence electrons. The first-order chi connectivity index (χ1) is 16.1. The Morgan fingerprint density at radius 2 is 1.97 bits per heavy atom. The molecule has 4 heterocycles. The summed E-state index contributed by atoms with van der Waals surface area (Å²) in [5, 5.41) is 2.70. The van der Waals surface area contributed by atoms with Gasteiger partial charge in [-0.1, -0.05) is 6.92 Å². The number of nitrogens with zero attached hydrogens (tertiary/aromatic N) is 4. The van der Waals surface area contributed by atoms with Crippen molar-refractivity contribution in [1.82, 2.24) is 24.6 Å². The summed E-state index contributed by atoms with van der Waals surface area (Å²) >= 11 is 0. The molecule has 3 aromatic heterocycles. The summed E-state index contributed by atoms with van der Waals surface area (Å²) < 4.78 is 1.58. The van der Waals surface area contributed by atoms with Crippen molar-refractivity contribution in [3.63, 3.8) is 0 Å². The first-order valence-corrected chi connectivity index (χ1v) is 11.4. The molecule has 33 heavy (non-hydrogen) atoms. The Morgan fingerprint density at radius 3 is 2.73 bits per heavy atom. The second kappa shape index (κ2) is 8.71. The number of aryl methyl sites for hydroxylation is 1. The van der Waals surface area contributed by atoms with Crippen molar-refractivity contribution in [2.75, 3.05) is 38.1 Å². The molecule has 1 aliphatic heterocycles. The van der Waals surface area contributed by atoms with Gasteiger partial charge in [0.2, 0.25) is 0 Å². The van der Waals surface area contributed by atoms with E-state index < -0.39 is 0 Å². The highest BCUT2D eigenvalue weighted by atomic mass is 16.1. The van der Waals surface area contributed by atoms with E-state index in [0.29, 0.717) is 5.56 Å². The van der Waals surface area contributed by atoms with Crippen molar-refractivity contribution in [3.05, 3.63) is 76.0 Å². The van der Waals surface area contributed by atoms with Gasteiger partial charge in [-0.25, -0.2) is 4.79 Å². The number of piperazine rings is 1. The third-order valence-corrected chi connectivity index (χ3v) is 6.46. The van der Waals surface area contributed by atoms with E-state index in [2.05, 4.69) is 38.1 Å². The van der Waals surface area contributed by atoms with Crippen LogP contribution in [0.4, 0.5) is 5.69 Å². The molecule has 5 rings (SSSR count). The zero-order chi connectivity index (χ0) is 22.9. The van der Waals surface area contributed by atoms with Crippen molar-refractivity contribution in [2.45, 2.75) is 19.9 Å². The summed E-state index contributed by atoms with van der Waals surface area (Å²) in [5.41, 5.74) is 6.46. The minimum Gasteiger partial charge on any atom is -0.369 e. The Bertz CT molecular complexity index is 1380. The summed E-state index contributed by atoms with van der Waals surface area (Å²) in [7, 11) is 1.66. The van der Waals surface area contributed by atoms with Crippen LogP contribution in [0.3, 0.4) is 0 Å². The van der Waals surface area contributed by atoms with Gasteiger partial charge in [0.1, 0.15) is 5.52 Å². The number of fused-ring (bicyclic) bond motifs is 3. The van der Waals surface area contributed by atoms with Gasteiger partial charge >= 0.3 is 5.69 Å². The van der Waals surface area contributed by atoms with Crippen molar-refractivity contribution in [3.8, 4) is 0 Å². The average Bonchev–Trinajstić information content (AvgIpc) is 3.34. The number of nitrogens with one attached hydrogen (secondary N) is 2. The molecule has 8 heteroatoms. The van der Waals surface area contributed by atoms with Crippen LogP contribution in [-0.2, 0) is 13.0 Å². The summed E-state index contributed by atoms with van der Waals surface area (Å²) in [6, 6.07) is 11.8. The highest BCUT2D eigenvalue weighted by molar-refractivity contribution is 5.94. The lowest BCUT2D eigenvalue weighted by Gasteiger charge is -2.37. The molecule has 1 aliphatic rings. The van der Waals surface area contributed by atoms with Crippen LogP contribution in [0.15, 0.2) is 53.6 Å². The number of hydrogen-bond donors (Lipinski definition) is 2. The van der Waals surface area contributed by atoms with E-state index >= 15 is 0 Å².